The van der Waals surface area contributed by atoms with E-state index in [4.69, 9.17) is 5.73 Å². The van der Waals surface area contributed by atoms with Gasteiger partial charge >= 0.3 is 0 Å². The van der Waals surface area contributed by atoms with Crippen molar-refractivity contribution >= 4 is 11.6 Å². The van der Waals surface area contributed by atoms with Gasteiger partial charge in [0.2, 0.25) is 5.91 Å². The molecule has 1 aromatic rings. The number of anilines is 1. The predicted molar refractivity (Wildman–Crippen MR) is 77.0 cm³/mol. The largest absolute Gasteiger partial charge is 0.317 e. The minimum Gasteiger partial charge on any atom is -0.317 e. The second-order valence-electron chi connectivity index (χ2n) is 6.22. The van der Waals surface area contributed by atoms with E-state index in [9.17, 15) is 4.79 Å². The molecule has 1 aromatic carbocycles. The van der Waals surface area contributed by atoms with Crippen molar-refractivity contribution in [2.45, 2.75) is 44.6 Å². The van der Waals surface area contributed by atoms with Crippen LogP contribution in [0.4, 0.5) is 5.69 Å². The van der Waals surface area contributed by atoms with E-state index >= 15 is 0 Å². The van der Waals surface area contributed by atoms with Crippen molar-refractivity contribution in [2.24, 2.45) is 11.7 Å². The van der Waals surface area contributed by atoms with Crippen molar-refractivity contribution in [3.05, 3.63) is 29.8 Å². The van der Waals surface area contributed by atoms with Gasteiger partial charge in [-0.3, -0.25) is 4.79 Å². The normalized spacial score (nSPS) is 25.2. The number of nitrogens with zero attached hydrogens (tertiary/aromatic N) is 1. The SMILES string of the molecule is CC1Cc2ccccc2N(C(=O)C2(N)CCCC2)C1. The molecule has 0 bridgehead atoms. The lowest BCUT2D eigenvalue weighted by molar-refractivity contribution is -0.123. The first kappa shape index (κ1) is 12.7. The molecule has 2 aliphatic rings. The maximum atomic E-state index is 12.8. The van der Waals surface area contributed by atoms with Crippen molar-refractivity contribution in [1.82, 2.24) is 0 Å². The van der Waals surface area contributed by atoms with Crippen molar-refractivity contribution in [1.29, 1.82) is 0 Å². The number of carbonyl (C=O) groups excluding carboxylic acids is 1. The lowest BCUT2D eigenvalue weighted by atomic mass is 9.90. The smallest absolute Gasteiger partial charge is 0.247 e. The van der Waals surface area contributed by atoms with Crippen molar-refractivity contribution in [3.8, 4) is 0 Å². The molecule has 3 rings (SSSR count). The Morgan fingerprint density at radius 2 is 2.00 bits per heavy atom. The van der Waals surface area contributed by atoms with Crippen molar-refractivity contribution in [3.63, 3.8) is 0 Å². The second-order valence-corrected chi connectivity index (χ2v) is 6.22. The van der Waals surface area contributed by atoms with Crippen LogP contribution in [0.25, 0.3) is 0 Å². The summed E-state index contributed by atoms with van der Waals surface area (Å²) in [6, 6.07) is 8.24. The number of hydrogen-bond donors (Lipinski definition) is 1. The average molecular weight is 258 g/mol. The molecule has 1 unspecified atom stereocenters. The van der Waals surface area contributed by atoms with Crippen molar-refractivity contribution in [2.75, 3.05) is 11.4 Å². The van der Waals surface area contributed by atoms with Crippen LogP contribution in [0, 0.1) is 5.92 Å². The molecule has 3 nitrogen and oxygen atoms in total. The summed E-state index contributed by atoms with van der Waals surface area (Å²) in [5.74, 6) is 0.632. The summed E-state index contributed by atoms with van der Waals surface area (Å²) < 4.78 is 0. The summed E-state index contributed by atoms with van der Waals surface area (Å²) in [6.45, 7) is 3.00. The standard InChI is InChI=1S/C16H22N2O/c1-12-10-13-6-2-3-7-14(13)18(11-12)15(19)16(17)8-4-5-9-16/h2-3,6-7,12H,4-5,8-11,17H2,1H3. The molecule has 0 saturated heterocycles. The molecular formula is C16H22N2O. The lowest BCUT2D eigenvalue weighted by Crippen LogP contribution is -2.55. The topological polar surface area (TPSA) is 46.3 Å². The molecule has 1 saturated carbocycles. The lowest BCUT2D eigenvalue weighted by Gasteiger charge is -2.37. The number of rotatable bonds is 1. The van der Waals surface area contributed by atoms with Gasteiger partial charge in [0.25, 0.3) is 0 Å². The quantitative estimate of drug-likeness (QED) is 0.841. The van der Waals surface area contributed by atoms with Crippen LogP contribution in [0.3, 0.4) is 0 Å². The van der Waals surface area contributed by atoms with E-state index in [2.05, 4.69) is 19.1 Å². The third-order valence-corrected chi connectivity index (χ3v) is 4.51. The molecule has 2 N–H and O–H groups in total. The highest BCUT2D eigenvalue weighted by atomic mass is 16.2. The molecule has 3 heteroatoms. The Bertz CT molecular complexity index is 491. The van der Waals surface area contributed by atoms with Crippen LogP contribution < -0.4 is 10.6 Å². The van der Waals surface area contributed by atoms with Gasteiger partial charge < -0.3 is 10.6 Å². The third kappa shape index (κ3) is 2.16. The molecular weight excluding hydrogens is 236 g/mol. The zero-order chi connectivity index (χ0) is 13.5. The van der Waals surface area contributed by atoms with Gasteiger partial charge in [0, 0.05) is 12.2 Å². The molecule has 1 atom stereocenters. The molecule has 102 valence electrons. The molecule has 1 fully saturated rings. The summed E-state index contributed by atoms with van der Waals surface area (Å²) in [4.78, 5) is 14.8. The van der Waals surface area contributed by atoms with Gasteiger partial charge in [0.1, 0.15) is 0 Å². The number of carbonyl (C=O) groups is 1. The van der Waals surface area contributed by atoms with Gasteiger partial charge in [0.05, 0.1) is 5.54 Å². The van der Waals surface area contributed by atoms with Crippen LogP contribution in [-0.2, 0) is 11.2 Å². The van der Waals surface area contributed by atoms with Crippen LogP contribution in [0.2, 0.25) is 0 Å². The second kappa shape index (κ2) is 4.64. The predicted octanol–water partition coefficient (Wildman–Crippen LogP) is 2.48. The van der Waals surface area contributed by atoms with E-state index in [1.54, 1.807) is 0 Å². The Morgan fingerprint density at radius 1 is 1.32 bits per heavy atom. The Labute approximate surface area is 114 Å². The molecule has 1 aliphatic carbocycles. The van der Waals surface area contributed by atoms with Gasteiger partial charge in [-0.15, -0.1) is 0 Å². The maximum absolute atomic E-state index is 12.8. The summed E-state index contributed by atoms with van der Waals surface area (Å²) >= 11 is 0. The first-order chi connectivity index (χ1) is 9.10. The third-order valence-electron chi connectivity index (χ3n) is 4.51. The van der Waals surface area contributed by atoms with E-state index in [-0.39, 0.29) is 5.91 Å². The molecule has 19 heavy (non-hydrogen) atoms. The van der Waals surface area contributed by atoms with Crippen LogP contribution in [0.1, 0.15) is 38.2 Å². The van der Waals surface area contributed by atoms with Crippen LogP contribution in [0.15, 0.2) is 24.3 Å². The van der Waals surface area contributed by atoms with Crippen molar-refractivity contribution < 1.29 is 4.79 Å². The van der Waals surface area contributed by atoms with Gasteiger partial charge in [-0.05, 0) is 36.8 Å². The number of nitrogens with two attached hydrogens (primary N) is 1. The van der Waals surface area contributed by atoms with Crippen LogP contribution >= 0.6 is 0 Å². The molecule has 1 amide bonds. The first-order valence-electron chi connectivity index (χ1n) is 7.29. The summed E-state index contributed by atoms with van der Waals surface area (Å²) in [5.41, 5.74) is 8.07. The van der Waals surface area contributed by atoms with E-state index in [1.165, 1.54) is 5.56 Å². The highest BCUT2D eigenvalue weighted by Crippen LogP contribution is 2.35. The van der Waals surface area contributed by atoms with E-state index in [0.717, 1.165) is 44.3 Å². The molecule has 0 radical (unpaired) electrons. The molecule has 0 aromatic heterocycles. The van der Waals surface area contributed by atoms with Gasteiger partial charge in [0.15, 0.2) is 0 Å². The average Bonchev–Trinajstić information content (AvgIpc) is 2.85. The number of para-hydroxylation sites is 1. The monoisotopic (exact) mass is 258 g/mol. The fourth-order valence-corrected chi connectivity index (χ4v) is 3.48. The van der Waals surface area contributed by atoms with Gasteiger partial charge in [-0.25, -0.2) is 0 Å². The zero-order valence-corrected chi connectivity index (χ0v) is 11.6. The first-order valence-corrected chi connectivity index (χ1v) is 7.29. The number of benzene rings is 1. The highest BCUT2D eigenvalue weighted by molar-refractivity contribution is 6.01. The fraction of sp³-hybridized carbons (Fsp3) is 0.562. The number of fused-ring (bicyclic) bond motifs is 1. The summed E-state index contributed by atoms with van der Waals surface area (Å²) in [5, 5.41) is 0. The van der Waals surface area contributed by atoms with Crippen LogP contribution in [-0.4, -0.2) is 18.0 Å². The van der Waals surface area contributed by atoms with E-state index < -0.39 is 5.54 Å². The van der Waals surface area contributed by atoms with E-state index in [1.807, 2.05) is 17.0 Å². The minimum atomic E-state index is -0.621. The highest BCUT2D eigenvalue weighted by Gasteiger charge is 2.41. The Hall–Kier alpha value is -1.35. The van der Waals surface area contributed by atoms with Gasteiger partial charge in [-0.2, -0.15) is 0 Å². The fourth-order valence-electron chi connectivity index (χ4n) is 3.48. The number of amides is 1. The summed E-state index contributed by atoms with van der Waals surface area (Å²) in [7, 11) is 0. The minimum absolute atomic E-state index is 0.129. The molecule has 1 aliphatic heterocycles. The molecule has 1 heterocycles. The Kier molecular flexibility index (Phi) is 3.09. The zero-order valence-electron chi connectivity index (χ0n) is 11.6. The molecule has 0 spiro atoms. The summed E-state index contributed by atoms with van der Waals surface area (Å²) in [6.07, 6.45) is 4.87. The van der Waals surface area contributed by atoms with Gasteiger partial charge in [-0.1, -0.05) is 38.0 Å². The van der Waals surface area contributed by atoms with Crippen LogP contribution in [0.5, 0.6) is 0 Å². The van der Waals surface area contributed by atoms with E-state index in [0.29, 0.717) is 5.92 Å². The Balaban J connectivity index is 1.94. The Morgan fingerprint density at radius 3 is 2.74 bits per heavy atom. The number of hydrogen-bond acceptors (Lipinski definition) is 2. The maximum Gasteiger partial charge on any atom is 0.247 e.